The number of fused-ring (bicyclic) bond motifs is 1. The fraction of sp³-hybridized carbons (Fsp3) is 0.333. The Labute approximate surface area is 148 Å². The minimum absolute atomic E-state index is 0.0830. The van der Waals surface area contributed by atoms with Crippen LogP contribution in [0.3, 0.4) is 0 Å². The molecule has 1 saturated heterocycles. The molecule has 4 nitrogen and oxygen atoms in total. The molecule has 0 aromatic heterocycles. The first-order valence-corrected chi connectivity index (χ1v) is 8.91. The molecule has 0 aliphatic carbocycles. The van der Waals surface area contributed by atoms with E-state index in [1.165, 1.54) is 11.1 Å². The minimum atomic E-state index is -0.321. The Morgan fingerprint density at radius 3 is 2.48 bits per heavy atom. The van der Waals surface area contributed by atoms with Crippen molar-refractivity contribution in [2.24, 2.45) is 0 Å². The highest BCUT2D eigenvalue weighted by Gasteiger charge is 2.38. The van der Waals surface area contributed by atoms with Crippen molar-refractivity contribution in [3.05, 3.63) is 71.3 Å². The average molecular weight is 334 g/mol. The lowest BCUT2D eigenvalue weighted by atomic mass is 9.99. The number of likely N-dealkylation sites (tertiary alicyclic amines) is 1. The Kier molecular flexibility index (Phi) is 4.26. The predicted molar refractivity (Wildman–Crippen MR) is 95.6 cm³/mol. The van der Waals surface area contributed by atoms with Gasteiger partial charge in [0, 0.05) is 26.1 Å². The van der Waals surface area contributed by atoms with Crippen LogP contribution in [0.25, 0.3) is 0 Å². The van der Waals surface area contributed by atoms with Crippen LogP contribution in [0.4, 0.5) is 0 Å². The van der Waals surface area contributed by atoms with Gasteiger partial charge in [-0.25, -0.2) is 0 Å². The van der Waals surface area contributed by atoms with Crippen LogP contribution in [-0.2, 0) is 29.1 Å². The molecular weight excluding hydrogens is 312 g/mol. The summed E-state index contributed by atoms with van der Waals surface area (Å²) in [7, 11) is 0. The molecule has 1 atom stereocenters. The number of amides is 2. The Morgan fingerprint density at radius 2 is 1.68 bits per heavy atom. The van der Waals surface area contributed by atoms with Gasteiger partial charge in [-0.1, -0.05) is 54.6 Å². The second-order valence-electron chi connectivity index (χ2n) is 6.84. The van der Waals surface area contributed by atoms with Crippen molar-refractivity contribution in [3.8, 4) is 0 Å². The Bertz CT molecular complexity index is 787. The zero-order valence-electron chi connectivity index (χ0n) is 14.2. The van der Waals surface area contributed by atoms with E-state index in [0.717, 1.165) is 18.5 Å². The van der Waals surface area contributed by atoms with Gasteiger partial charge in [-0.3, -0.25) is 9.59 Å². The van der Waals surface area contributed by atoms with Crippen LogP contribution in [0.15, 0.2) is 54.6 Å². The third kappa shape index (κ3) is 3.16. The van der Waals surface area contributed by atoms with Gasteiger partial charge in [-0.2, -0.15) is 0 Å². The summed E-state index contributed by atoms with van der Waals surface area (Å²) in [6, 6.07) is 17.9. The van der Waals surface area contributed by atoms with Crippen molar-refractivity contribution in [1.29, 1.82) is 0 Å². The molecule has 0 saturated carbocycles. The molecule has 0 radical (unpaired) electrons. The summed E-state index contributed by atoms with van der Waals surface area (Å²) in [4.78, 5) is 29.1. The standard InChI is InChI=1S/C21H22N2O2/c24-20-11-10-19(23(20)14-16-6-2-1-3-7-16)21(25)22-13-12-17-8-4-5-9-18(17)15-22/h1-9,19H,10-15H2. The molecule has 0 N–H and O–H groups in total. The number of benzene rings is 2. The van der Waals surface area contributed by atoms with Crippen molar-refractivity contribution >= 4 is 11.8 Å². The second-order valence-corrected chi connectivity index (χ2v) is 6.84. The molecule has 2 aromatic carbocycles. The summed E-state index contributed by atoms with van der Waals surface area (Å²) < 4.78 is 0. The monoisotopic (exact) mass is 334 g/mol. The summed E-state index contributed by atoms with van der Waals surface area (Å²) in [6.45, 7) is 1.90. The molecular formula is C21H22N2O2. The highest BCUT2D eigenvalue weighted by molar-refractivity contribution is 5.91. The van der Waals surface area contributed by atoms with E-state index in [-0.39, 0.29) is 17.9 Å². The van der Waals surface area contributed by atoms with Crippen molar-refractivity contribution < 1.29 is 9.59 Å². The largest absolute Gasteiger partial charge is 0.336 e. The van der Waals surface area contributed by atoms with Gasteiger partial charge >= 0.3 is 0 Å². The van der Waals surface area contributed by atoms with Crippen LogP contribution in [0, 0.1) is 0 Å². The van der Waals surface area contributed by atoms with E-state index < -0.39 is 0 Å². The topological polar surface area (TPSA) is 40.6 Å². The SMILES string of the molecule is O=C(C1CCC(=O)N1Cc1ccccc1)N1CCc2ccccc2C1. The molecule has 128 valence electrons. The van der Waals surface area contributed by atoms with Crippen LogP contribution < -0.4 is 0 Å². The van der Waals surface area contributed by atoms with E-state index in [1.54, 1.807) is 4.90 Å². The number of nitrogens with zero attached hydrogens (tertiary/aromatic N) is 2. The van der Waals surface area contributed by atoms with Crippen LogP contribution in [0.5, 0.6) is 0 Å². The van der Waals surface area contributed by atoms with Gasteiger partial charge in [0.05, 0.1) is 0 Å². The van der Waals surface area contributed by atoms with Crippen molar-refractivity contribution in [2.75, 3.05) is 6.54 Å². The number of hydrogen-bond donors (Lipinski definition) is 0. The number of carbonyl (C=O) groups is 2. The fourth-order valence-corrected chi connectivity index (χ4v) is 3.86. The maximum Gasteiger partial charge on any atom is 0.245 e. The fourth-order valence-electron chi connectivity index (χ4n) is 3.86. The first kappa shape index (κ1) is 15.9. The molecule has 1 unspecified atom stereocenters. The maximum atomic E-state index is 13.1. The van der Waals surface area contributed by atoms with Crippen molar-refractivity contribution in [2.45, 2.75) is 38.4 Å². The van der Waals surface area contributed by atoms with Gasteiger partial charge in [0.1, 0.15) is 6.04 Å². The lowest BCUT2D eigenvalue weighted by molar-refractivity contribution is -0.142. The maximum absolute atomic E-state index is 13.1. The summed E-state index contributed by atoms with van der Waals surface area (Å²) in [5.74, 6) is 0.177. The zero-order chi connectivity index (χ0) is 17.2. The molecule has 0 spiro atoms. The Morgan fingerprint density at radius 1 is 0.960 bits per heavy atom. The smallest absolute Gasteiger partial charge is 0.245 e. The van der Waals surface area contributed by atoms with Crippen molar-refractivity contribution in [1.82, 2.24) is 9.80 Å². The molecule has 0 bridgehead atoms. The lowest BCUT2D eigenvalue weighted by Gasteiger charge is -2.33. The molecule has 25 heavy (non-hydrogen) atoms. The summed E-state index contributed by atoms with van der Waals surface area (Å²) in [6.07, 6.45) is 1.98. The molecule has 2 aromatic rings. The van der Waals surface area contributed by atoms with E-state index in [9.17, 15) is 9.59 Å². The molecule has 4 rings (SSSR count). The molecule has 2 aliphatic rings. The van der Waals surface area contributed by atoms with E-state index in [2.05, 4.69) is 12.1 Å². The highest BCUT2D eigenvalue weighted by atomic mass is 16.2. The molecule has 1 fully saturated rings. The van der Waals surface area contributed by atoms with Crippen molar-refractivity contribution in [3.63, 3.8) is 0 Å². The van der Waals surface area contributed by atoms with E-state index in [4.69, 9.17) is 0 Å². The van der Waals surface area contributed by atoms with Crippen LogP contribution in [-0.4, -0.2) is 34.2 Å². The van der Waals surface area contributed by atoms with E-state index >= 15 is 0 Å². The van der Waals surface area contributed by atoms with Crippen LogP contribution >= 0.6 is 0 Å². The number of hydrogen-bond acceptors (Lipinski definition) is 2. The lowest BCUT2D eigenvalue weighted by Crippen LogP contribution is -2.48. The second kappa shape index (κ2) is 6.71. The molecule has 2 heterocycles. The highest BCUT2D eigenvalue weighted by Crippen LogP contribution is 2.26. The molecule has 2 aliphatic heterocycles. The average Bonchev–Trinajstić information content (AvgIpc) is 3.02. The summed E-state index contributed by atoms with van der Waals surface area (Å²) in [5, 5.41) is 0. The molecule has 2 amide bonds. The third-order valence-electron chi connectivity index (χ3n) is 5.25. The number of carbonyl (C=O) groups excluding carboxylic acids is 2. The van der Waals surface area contributed by atoms with Crippen LogP contribution in [0.1, 0.15) is 29.5 Å². The minimum Gasteiger partial charge on any atom is -0.336 e. The van der Waals surface area contributed by atoms with Gasteiger partial charge in [0.15, 0.2) is 0 Å². The van der Waals surface area contributed by atoms with E-state index in [1.807, 2.05) is 47.4 Å². The third-order valence-corrected chi connectivity index (χ3v) is 5.25. The van der Waals surface area contributed by atoms with Gasteiger partial charge in [0.25, 0.3) is 0 Å². The predicted octanol–water partition coefficient (Wildman–Crippen LogP) is 2.76. The summed E-state index contributed by atoms with van der Waals surface area (Å²) >= 11 is 0. The van der Waals surface area contributed by atoms with E-state index in [0.29, 0.717) is 25.9 Å². The first-order chi connectivity index (χ1) is 12.2. The summed E-state index contributed by atoms with van der Waals surface area (Å²) in [5.41, 5.74) is 3.62. The van der Waals surface area contributed by atoms with Gasteiger partial charge in [0.2, 0.25) is 11.8 Å². The Balaban J connectivity index is 1.50. The van der Waals surface area contributed by atoms with Crippen LogP contribution in [0.2, 0.25) is 0 Å². The normalized spacial score (nSPS) is 19.8. The zero-order valence-corrected chi connectivity index (χ0v) is 14.2. The van der Waals surface area contributed by atoms with Gasteiger partial charge < -0.3 is 9.80 Å². The molecule has 4 heteroatoms. The number of rotatable bonds is 3. The van der Waals surface area contributed by atoms with Gasteiger partial charge in [-0.05, 0) is 29.5 Å². The Hall–Kier alpha value is -2.62. The van der Waals surface area contributed by atoms with Gasteiger partial charge in [-0.15, -0.1) is 0 Å². The first-order valence-electron chi connectivity index (χ1n) is 8.91. The quantitative estimate of drug-likeness (QED) is 0.866.